The molecule has 1 atom stereocenters. The summed E-state index contributed by atoms with van der Waals surface area (Å²) in [7, 11) is 1.61. The summed E-state index contributed by atoms with van der Waals surface area (Å²) in [6.07, 6.45) is 4.32. The molecule has 2 heterocycles. The van der Waals surface area contributed by atoms with Crippen LogP contribution in [0.4, 0.5) is 0 Å². The van der Waals surface area contributed by atoms with Gasteiger partial charge in [0.15, 0.2) is 4.90 Å². The molecule has 6 heteroatoms. The Bertz CT molecular complexity index is 755. The van der Waals surface area contributed by atoms with E-state index in [-0.39, 0.29) is 0 Å². The van der Waals surface area contributed by atoms with E-state index in [1.54, 1.807) is 19.5 Å². The summed E-state index contributed by atoms with van der Waals surface area (Å²) in [6, 6.07) is 7.47. The Kier molecular flexibility index (Phi) is 4.31. The summed E-state index contributed by atoms with van der Waals surface area (Å²) in [5.41, 5.74) is 2.57. The van der Waals surface area contributed by atoms with Gasteiger partial charge in [0.1, 0.15) is 22.8 Å². The van der Waals surface area contributed by atoms with Crippen molar-refractivity contribution >= 4 is 22.2 Å². The van der Waals surface area contributed by atoms with Crippen LogP contribution in [-0.2, 0) is 11.2 Å². The first-order valence-corrected chi connectivity index (χ1v) is 8.41. The second-order valence-corrected chi connectivity index (χ2v) is 6.46. The van der Waals surface area contributed by atoms with Crippen LogP contribution < -0.4 is 4.74 Å². The molecule has 0 aliphatic rings. The minimum absolute atomic E-state index is 0.652. The molecule has 1 unspecified atom stereocenters. The fraction of sp³-hybridized carbons (Fsp3) is 0.250. The lowest BCUT2D eigenvalue weighted by Gasteiger charge is -2.12. The van der Waals surface area contributed by atoms with Gasteiger partial charge in [-0.25, -0.2) is 4.98 Å². The van der Waals surface area contributed by atoms with E-state index in [1.165, 1.54) is 0 Å². The Balaban J connectivity index is 2.02. The lowest BCUT2D eigenvalue weighted by Crippen LogP contribution is -2.06. The normalized spacial score (nSPS) is 12.5. The number of methoxy groups -OCH3 is 1. The van der Waals surface area contributed by atoms with Gasteiger partial charge in [-0.2, -0.15) is 0 Å². The zero-order valence-corrected chi connectivity index (χ0v) is 13.3. The molecule has 3 rings (SSSR count). The maximum Gasteiger partial charge on any atom is 0.156 e. The van der Waals surface area contributed by atoms with Crippen molar-refractivity contribution < 1.29 is 9.29 Å². The molecule has 1 N–H and O–H groups in total. The van der Waals surface area contributed by atoms with Crippen LogP contribution in [0.3, 0.4) is 0 Å². The molecule has 1 aromatic carbocycles. The van der Waals surface area contributed by atoms with Crippen LogP contribution in [0, 0.1) is 0 Å². The summed E-state index contributed by atoms with van der Waals surface area (Å²) in [5.74, 6) is 2.03. The maximum atomic E-state index is 12.1. The number of imidazole rings is 1. The molecule has 5 nitrogen and oxygen atoms in total. The Morgan fingerprint density at radius 1 is 1.32 bits per heavy atom. The van der Waals surface area contributed by atoms with Crippen molar-refractivity contribution in [3.63, 3.8) is 0 Å². The molecule has 0 fully saturated rings. The van der Waals surface area contributed by atoms with E-state index in [9.17, 15) is 4.55 Å². The number of pyridine rings is 1. The minimum atomic E-state index is -0.995. The smallest absolute Gasteiger partial charge is 0.156 e. The van der Waals surface area contributed by atoms with Crippen molar-refractivity contribution in [2.75, 3.05) is 12.9 Å². The van der Waals surface area contributed by atoms with Gasteiger partial charge in [0.25, 0.3) is 0 Å². The van der Waals surface area contributed by atoms with Gasteiger partial charge in [-0.3, -0.25) is 4.98 Å². The molecule has 114 valence electrons. The zero-order valence-electron chi connectivity index (χ0n) is 12.5. The van der Waals surface area contributed by atoms with E-state index in [2.05, 4.69) is 15.0 Å². The average molecular weight is 315 g/mol. The molecule has 0 radical (unpaired) electrons. The van der Waals surface area contributed by atoms with E-state index in [0.717, 1.165) is 27.9 Å². The lowest BCUT2D eigenvalue weighted by atomic mass is 10.2. The number of hydrogen-bond donors (Lipinski definition) is 1. The van der Waals surface area contributed by atoms with Gasteiger partial charge < -0.3 is 14.3 Å². The average Bonchev–Trinajstić information content (AvgIpc) is 2.98. The Morgan fingerprint density at radius 2 is 2.18 bits per heavy atom. The number of rotatable bonds is 5. The second-order valence-electron chi connectivity index (χ2n) is 4.89. The molecule has 0 amide bonds. The van der Waals surface area contributed by atoms with E-state index < -0.39 is 11.2 Å². The molecule has 0 aliphatic carbocycles. The van der Waals surface area contributed by atoms with E-state index in [0.29, 0.717) is 17.3 Å². The summed E-state index contributed by atoms with van der Waals surface area (Å²) >= 11 is -0.995. The Labute approximate surface area is 131 Å². The van der Waals surface area contributed by atoms with Crippen LogP contribution in [0.2, 0.25) is 0 Å². The number of aromatic nitrogens is 3. The standard InChI is InChI=1S/C16H17N3O2S/c1-3-8-22(20)11-4-5-12(15(9-11)21-2)16-18-13-6-7-17-10-14(13)19-16/h4-7,9-10H,3,8H2,1-2H3,(H,18,19). The predicted molar refractivity (Wildman–Crippen MR) is 87.4 cm³/mol. The number of hydrogen-bond acceptors (Lipinski definition) is 4. The first-order chi connectivity index (χ1) is 10.7. The SMILES string of the molecule is CCC[S+]([O-])c1ccc(-c2nc3cnccc3[nH]2)c(OC)c1. The van der Waals surface area contributed by atoms with Crippen LogP contribution in [0.25, 0.3) is 22.4 Å². The molecule has 22 heavy (non-hydrogen) atoms. The maximum absolute atomic E-state index is 12.1. The van der Waals surface area contributed by atoms with Gasteiger partial charge in [0, 0.05) is 12.3 Å². The highest BCUT2D eigenvalue weighted by molar-refractivity contribution is 7.91. The molecule has 2 aromatic heterocycles. The van der Waals surface area contributed by atoms with Gasteiger partial charge >= 0.3 is 0 Å². The highest BCUT2D eigenvalue weighted by atomic mass is 32.2. The Hall–Kier alpha value is -2.05. The zero-order chi connectivity index (χ0) is 15.5. The number of H-pyrrole nitrogens is 1. The van der Waals surface area contributed by atoms with Gasteiger partial charge in [-0.15, -0.1) is 0 Å². The van der Waals surface area contributed by atoms with Gasteiger partial charge in [0.2, 0.25) is 0 Å². The van der Waals surface area contributed by atoms with E-state index in [4.69, 9.17) is 4.74 Å². The molecule has 0 bridgehead atoms. The molecule has 3 aromatic rings. The van der Waals surface area contributed by atoms with Crippen LogP contribution in [0.15, 0.2) is 41.6 Å². The molecule has 0 saturated heterocycles. The highest BCUT2D eigenvalue weighted by Crippen LogP contribution is 2.31. The molecule has 0 saturated carbocycles. The third-order valence-electron chi connectivity index (χ3n) is 3.37. The number of ether oxygens (including phenoxy) is 1. The monoisotopic (exact) mass is 315 g/mol. The first-order valence-electron chi connectivity index (χ1n) is 7.09. The van der Waals surface area contributed by atoms with Gasteiger partial charge in [0.05, 0.1) is 24.4 Å². The molecule has 0 spiro atoms. The van der Waals surface area contributed by atoms with E-state index in [1.807, 2.05) is 31.2 Å². The fourth-order valence-corrected chi connectivity index (χ4v) is 3.36. The molecule has 0 aliphatic heterocycles. The first kappa shape index (κ1) is 14.9. The van der Waals surface area contributed by atoms with Crippen LogP contribution >= 0.6 is 0 Å². The van der Waals surface area contributed by atoms with Crippen molar-refractivity contribution in [1.82, 2.24) is 15.0 Å². The minimum Gasteiger partial charge on any atom is -0.611 e. The third kappa shape index (κ3) is 2.80. The Morgan fingerprint density at radius 3 is 2.91 bits per heavy atom. The van der Waals surface area contributed by atoms with Crippen molar-refractivity contribution in [1.29, 1.82) is 0 Å². The number of nitrogens with one attached hydrogen (secondary N) is 1. The summed E-state index contributed by atoms with van der Waals surface area (Å²) in [6.45, 7) is 2.02. The number of nitrogens with zero attached hydrogens (tertiary/aromatic N) is 2. The highest BCUT2D eigenvalue weighted by Gasteiger charge is 2.16. The van der Waals surface area contributed by atoms with Crippen molar-refractivity contribution in [3.8, 4) is 17.1 Å². The van der Waals surface area contributed by atoms with Crippen molar-refractivity contribution in [2.45, 2.75) is 18.2 Å². The van der Waals surface area contributed by atoms with E-state index >= 15 is 0 Å². The number of aromatic amines is 1. The quantitative estimate of drug-likeness (QED) is 0.734. The summed E-state index contributed by atoms with van der Waals surface area (Å²) in [5, 5.41) is 0. The fourth-order valence-electron chi connectivity index (χ4n) is 2.30. The molecular formula is C16H17N3O2S. The summed E-state index contributed by atoms with van der Waals surface area (Å²) in [4.78, 5) is 12.6. The molecular weight excluding hydrogens is 298 g/mol. The van der Waals surface area contributed by atoms with Crippen LogP contribution in [0.5, 0.6) is 5.75 Å². The number of fused-ring (bicyclic) bond motifs is 1. The van der Waals surface area contributed by atoms with Gasteiger partial charge in [-0.1, -0.05) is 6.92 Å². The number of benzene rings is 1. The summed E-state index contributed by atoms with van der Waals surface area (Å²) < 4.78 is 17.6. The van der Waals surface area contributed by atoms with Crippen molar-refractivity contribution in [3.05, 3.63) is 36.7 Å². The van der Waals surface area contributed by atoms with Crippen LogP contribution in [0.1, 0.15) is 13.3 Å². The van der Waals surface area contributed by atoms with Crippen molar-refractivity contribution in [2.24, 2.45) is 0 Å². The predicted octanol–water partition coefficient (Wildman–Crippen LogP) is 3.15. The van der Waals surface area contributed by atoms with Gasteiger partial charge in [-0.05, 0) is 35.8 Å². The lowest BCUT2D eigenvalue weighted by molar-refractivity contribution is 0.415. The van der Waals surface area contributed by atoms with Crippen LogP contribution in [-0.4, -0.2) is 32.4 Å². The topological polar surface area (TPSA) is 73.9 Å². The largest absolute Gasteiger partial charge is 0.611 e. The third-order valence-corrected chi connectivity index (χ3v) is 4.92. The second kappa shape index (κ2) is 6.37.